The predicted octanol–water partition coefficient (Wildman–Crippen LogP) is -5.74. The molecule has 12 heteroatoms. The first-order valence-electron chi connectivity index (χ1n) is 6.19. The molecule has 0 heterocycles. The topological polar surface area (TPSA) is 242 Å². The highest BCUT2D eigenvalue weighted by atomic mass is 16.5. The number of primary amides is 4. The van der Waals surface area contributed by atoms with E-state index >= 15 is 0 Å². The zero-order valence-electron chi connectivity index (χ0n) is 12.1. The Kier molecular flexibility index (Phi) is 7.05. The number of carbonyl (C=O) groups excluding carboxylic acids is 4. The zero-order chi connectivity index (χ0) is 18.4. The summed E-state index contributed by atoms with van der Waals surface area (Å²) in [5, 5.41) is 27.5. The molecule has 0 spiro atoms. The predicted molar refractivity (Wildman–Crippen MR) is 72.6 cm³/mol. The van der Waals surface area contributed by atoms with Gasteiger partial charge in [-0.3, -0.25) is 19.2 Å². The highest BCUT2D eigenvalue weighted by Gasteiger charge is 2.59. The molecule has 132 valence electrons. The van der Waals surface area contributed by atoms with Gasteiger partial charge in [0.15, 0.2) is 6.10 Å². The molecule has 12 nitrogen and oxygen atoms in total. The van der Waals surface area contributed by atoms with Gasteiger partial charge in [0.1, 0.15) is 0 Å². The van der Waals surface area contributed by atoms with Crippen molar-refractivity contribution >= 4 is 23.6 Å². The average molecular weight is 336 g/mol. The van der Waals surface area contributed by atoms with E-state index in [1.54, 1.807) is 0 Å². The third-order valence-corrected chi connectivity index (χ3v) is 3.38. The lowest BCUT2D eigenvalue weighted by atomic mass is 9.78. The van der Waals surface area contributed by atoms with Gasteiger partial charge in [-0.05, 0) is 0 Å². The third kappa shape index (κ3) is 3.73. The molecule has 0 rings (SSSR count). The fourth-order valence-electron chi connectivity index (χ4n) is 1.72. The van der Waals surface area contributed by atoms with E-state index < -0.39 is 67.0 Å². The van der Waals surface area contributed by atoms with E-state index in [2.05, 4.69) is 0 Å². The SMILES string of the molecule is NC(=O)C(OCC(CO)(CO)CO)C(C(N)=O)(C(N)=O)C(N)=O. The van der Waals surface area contributed by atoms with Crippen molar-refractivity contribution in [1.29, 1.82) is 0 Å². The van der Waals surface area contributed by atoms with E-state index in [0.717, 1.165) is 0 Å². The summed E-state index contributed by atoms with van der Waals surface area (Å²) in [5.41, 5.74) is 15.2. The van der Waals surface area contributed by atoms with Gasteiger partial charge in [0, 0.05) is 0 Å². The molecule has 0 bridgehead atoms. The number of nitrogens with two attached hydrogens (primary N) is 4. The Hall–Kier alpha value is -2.28. The van der Waals surface area contributed by atoms with Crippen LogP contribution in [0.15, 0.2) is 0 Å². The first kappa shape index (κ1) is 20.7. The second-order valence-electron chi connectivity index (χ2n) is 4.97. The van der Waals surface area contributed by atoms with Crippen molar-refractivity contribution < 1.29 is 39.2 Å². The summed E-state index contributed by atoms with van der Waals surface area (Å²) in [5.74, 6) is -6.46. The average Bonchev–Trinajstić information content (AvgIpc) is 2.46. The molecule has 0 aliphatic heterocycles. The Balaban J connectivity index is 5.86. The number of aliphatic hydroxyl groups excluding tert-OH is 3. The molecule has 1 unspecified atom stereocenters. The standard InChI is InChI=1S/C11H20N4O8/c12-6(19)5(23-4-10(1-16,2-17)3-18)11(7(13)20,8(14)21)9(15)22/h5,16-18H,1-4H2,(H2,12,19)(H2,13,20)(H2,14,21)(H2,15,22). The minimum Gasteiger partial charge on any atom is -0.396 e. The molecule has 0 saturated heterocycles. The van der Waals surface area contributed by atoms with Gasteiger partial charge in [-0.2, -0.15) is 0 Å². The number of hydrogen-bond acceptors (Lipinski definition) is 8. The molecule has 1 atom stereocenters. The smallest absolute Gasteiger partial charge is 0.248 e. The molecule has 0 fully saturated rings. The normalized spacial score (nSPS) is 13.3. The first-order valence-corrected chi connectivity index (χ1v) is 6.19. The van der Waals surface area contributed by atoms with Crippen LogP contribution < -0.4 is 22.9 Å². The molecule has 4 amide bonds. The van der Waals surface area contributed by atoms with Gasteiger partial charge in [-0.1, -0.05) is 0 Å². The molecule has 0 radical (unpaired) electrons. The van der Waals surface area contributed by atoms with Crippen molar-refractivity contribution in [2.45, 2.75) is 6.10 Å². The molecule has 0 aromatic rings. The summed E-state index contributed by atoms with van der Waals surface area (Å²) in [6.07, 6.45) is -2.29. The Bertz CT molecular complexity index is 446. The van der Waals surface area contributed by atoms with E-state index in [1.165, 1.54) is 0 Å². The van der Waals surface area contributed by atoms with Crippen molar-refractivity contribution in [2.24, 2.45) is 33.8 Å². The van der Waals surface area contributed by atoms with Crippen molar-refractivity contribution in [3.05, 3.63) is 0 Å². The third-order valence-electron chi connectivity index (χ3n) is 3.38. The Labute approximate surface area is 130 Å². The van der Waals surface area contributed by atoms with Gasteiger partial charge in [-0.25, -0.2) is 0 Å². The Morgan fingerprint density at radius 1 is 0.826 bits per heavy atom. The van der Waals surface area contributed by atoms with E-state index in [9.17, 15) is 19.2 Å². The van der Waals surface area contributed by atoms with Gasteiger partial charge >= 0.3 is 0 Å². The summed E-state index contributed by atoms with van der Waals surface area (Å²) >= 11 is 0. The van der Waals surface area contributed by atoms with Crippen molar-refractivity contribution in [2.75, 3.05) is 26.4 Å². The van der Waals surface area contributed by atoms with Crippen LogP contribution in [0.2, 0.25) is 0 Å². The molecular formula is C11H20N4O8. The lowest BCUT2D eigenvalue weighted by molar-refractivity contribution is -0.170. The lowest BCUT2D eigenvalue weighted by Gasteiger charge is -2.34. The van der Waals surface area contributed by atoms with E-state index in [4.69, 9.17) is 43.0 Å². The summed E-state index contributed by atoms with van der Waals surface area (Å²) in [6.45, 7) is -3.13. The minimum absolute atomic E-state index is 0.764. The van der Waals surface area contributed by atoms with Crippen LogP contribution >= 0.6 is 0 Å². The lowest BCUT2D eigenvalue weighted by Crippen LogP contribution is -2.66. The summed E-state index contributed by atoms with van der Waals surface area (Å²) in [7, 11) is 0. The fraction of sp³-hybridized carbons (Fsp3) is 0.636. The van der Waals surface area contributed by atoms with Crippen molar-refractivity contribution in [3.63, 3.8) is 0 Å². The van der Waals surface area contributed by atoms with E-state index in [-0.39, 0.29) is 0 Å². The van der Waals surface area contributed by atoms with Crippen LogP contribution in [0.1, 0.15) is 0 Å². The molecule has 0 aliphatic carbocycles. The van der Waals surface area contributed by atoms with Gasteiger partial charge in [0.25, 0.3) is 0 Å². The van der Waals surface area contributed by atoms with Crippen LogP contribution in [-0.4, -0.2) is 71.5 Å². The van der Waals surface area contributed by atoms with Crippen LogP contribution in [0.4, 0.5) is 0 Å². The summed E-state index contributed by atoms with van der Waals surface area (Å²) < 4.78 is 4.93. The van der Waals surface area contributed by atoms with Crippen molar-refractivity contribution in [1.82, 2.24) is 0 Å². The number of amides is 4. The molecule has 11 N–H and O–H groups in total. The minimum atomic E-state index is -3.07. The van der Waals surface area contributed by atoms with Crippen LogP contribution in [0, 0.1) is 10.8 Å². The van der Waals surface area contributed by atoms with Crippen LogP contribution in [-0.2, 0) is 23.9 Å². The van der Waals surface area contributed by atoms with Crippen LogP contribution in [0.5, 0.6) is 0 Å². The van der Waals surface area contributed by atoms with E-state index in [1.807, 2.05) is 0 Å². The highest BCUT2D eigenvalue weighted by Crippen LogP contribution is 2.27. The zero-order valence-corrected chi connectivity index (χ0v) is 12.1. The molecule has 0 aromatic heterocycles. The maximum atomic E-state index is 11.6. The van der Waals surface area contributed by atoms with Gasteiger partial charge in [-0.15, -0.1) is 0 Å². The van der Waals surface area contributed by atoms with Crippen LogP contribution in [0.3, 0.4) is 0 Å². The number of carbonyl (C=O) groups is 4. The van der Waals surface area contributed by atoms with Crippen LogP contribution in [0.25, 0.3) is 0 Å². The largest absolute Gasteiger partial charge is 0.396 e. The molecule has 23 heavy (non-hydrogen) atoms. The second kappa shape index (κ2) is 7.82. The number of ether oxygens (including phenoxy) is 1. The summed E-state index contributed by atoms with van der Waals surface area (Å²) in [6, 6.07) is 0. The number of aliphatic hydroxyl groups is 3. The quantitative estimate of drug-likeness (QED) is 0.179. The molecule has 0 aliphatic rings. The summed E-state index contributed by atoms with van der Waals surface area (Å²) in [4.78, 5) is 46.2. The first-order chi connectivity index (χ1) is 10.6. The maximum absolute atomic E-state index is 11.6. The van der Waals surface area contributed by atoms with Gasteiger partial charge in [0.05, 0.1) is 31.8 Å². The number of rotatable bonds is 11. The van der Waals surface area contributed by atoms with Gasteiger partial charge < -0.3 is 43.0 Å². The second-order valence-corrected chi connectivity index (χ2v) is 4.97. The highest BCUT2D eigenvalue weighted by molar-refractivity contribution is 6.24. The molecule has 0 aromatic carbocycles. The molecular weight excluding hydrogens is 316 g/mol. The van der Waals surface area contributed by atoms with E-state index in [0.29, 0.717) is 0 Å². The van der Waals surface area contributed by atoms with Gasteiger partial charge in [0.2, 0.25) is 29.0 Å². The number of hydrogen-bond donors (Lipinski definition) is 7. The Morgan fingerprint density at radius 2 is 1.17 bits per heavy atom. The molecule has 0 saturated carbocycles. The van der Waals surface area contributed by atoms with Crippen molar-refractivity contribution in [3.8, 4) is 0 Å². The fourth-order valence-corrected chi connectivity index (χ4v) is 1.72. The monoisotopic (exact) mass is 336 g/mol. The maximum Gasteiger partial charge on any atom is 0.248 e. The Morgan fingerprint density at radius 3 is 1.39 bits per heavy atom.